The molecule has 0 saturated heterocycles. The average molecular weight is 335 g/mol. The summed E-state index contributed by atoms with van der Waals surface area (Å²) in [5, 5.41) is 11.5. The van der Waals surface area contributed by atoms with Crippen LogP contribution in [0.2, 0.25) is 0 Å². The lowest BCUT2D eigenvalue weighted by Gasteiger charge is -2.08. The number of hydrogen-bond donors (Lipinski definition) is 3. The van der Waals surface area contributed by atoms with E-state index in [1.807, 2.05) is 0 Å². The first-order valence-corrected chi connectivity index (χ1v) is 6.46. The third kappa shape index (κ3) is 3.16. The summed E-state index contributed by atoms with van der Waals surface area (Å²) in [4.78, 5) is 22.8. The van der Waals surface area contributed by atoms with Crippen molar-refractivity contribution in [1.82, 2.24) is 0 Å². The van der Waals surface area contributed by atoms with Crippen molar-refractivity contribution < 1.29 is 14.7 Å². The van der Waals surface area contributed by atoms with Gasteiger partial charge in [-0.2, -0.15) is 0 Å². The van der Waals surface area contributed by atoms with E-state index in [9.17, 15) is 9.59 Å². The van der Waals surface area contributed by atoms with Gasteiger partial charge in [0.15, 0.2) is 0 Å². The Kier molecular flexibility index (Phi) is 4.05. The summed E-state index contributed by atoms with van der Waals surface area (Å²) in [7, 11) is 0. The molecular weight excluding hydrogens is 324 g/mol. The number of anilines is 2. The van der Waals surface area contributed by atoms with Crippen LogP contribution in [0, 0.1) is 0 Å². The van der Waals surface area contributed by atoms with E-state index in [4.69, 9.17) is 10.8 Å². The average Bonchev–Trinajstić information content (AvgIpc) is 2.42. The lowest BCUT2D eigenvalue weighted by Crippen LogP contribution is -2.13. The van der Waals surface area contributed by atoms with Crippen molar-refractivity contribution in [3.05, 3.63) is 58.1 Å². The molecule has 0 heterocycles. The van der Waals surface area contributed by atoms with Gasteiger partial charge in [-0.3, -0.25) is 4.79 Å². The molecule has 20 heavy (non-hydrogen) atoms. The number of aromatic carboxylic acids is 1. The van der Waals surface area contributed by atoms with Crippen molar-refractivity contribution in [1.29, 1.82) is 0 Å². The Balaban J connectivity index is 2.19. The molecule has 0 saturated carbocycles. The number of nitrogen functional groups attached to an aromatic ring is 1. The number of amides is 1. The van der Waals surface area contributed by atoms with Crippen LogP contribution in [0.25, 0.3) is 0 Å². The highest BCUT2D eigenvalue weighted by atomic mass is 79.9. The van der Waals surface area contributed by atoms with Crippen LogP contribution >= 0.6 is 15.9 Å². The molecule has 0 radical (unpaired) electrons. The summed E-state index contributed by atoms with van der Waals surface area (Å²) in [6, 6.07) is 10.8. The Morgan fingerprint density at radius 3 is 2.35 bits per heavy atom. The first kappa shape index (κ1) is 14.1. The van der Waals surface area contributed by atoms with Gasteiger partial charge in [-0.1, -0.05) is 0 Å². The van der Waals surface area contributed by atoms with Crippen molar-refractivity contribution >= 4 is 39.2 Å². The minimum absolute atomic E-state index is 0.160. The van der Waals surface area contributed by atoms with E-state index in [1.165, 1.54) is 24.3 Å². The van der Waals surface area contributed by atoms with Crippen molar-refractivity contribution in [3.8, 4) is 0 Å². The zero-order valence-electron chi connectivity index (χ0n) is 10.3. The zero-order chi connectivity index (χ0) is 14.7. The van der Waals surface area contributed by atoms with Gasteiger partial charge in [-0.15, -0.1) is 0 Å². The molecule has 0 unspecified atom stereocenters. The Morgan fingerprint density at radius 1 is 1.10 bits per heavy atom. The molecule has 0 fully saturated rings. The van der Waals surface area contributed by atoms with Crippen LogP contribution in [-0.4, -0.2) is 17.0 Å². The van der Waals surface area contributed by atoms with Crippen LogP contribution < -0.4 is 11.1 Å². The van der Waals surface area contributed by atoms with Gasteiger partial charge in [0, 0.05) is 15.8 Å². The molecule has 5 nitrogen and oxygen atoms in total. The summed E-state index contributed by atoms with van der Waals surface area (Å²) in [5.41, 5.74) is 7.21. The molecule has 102 valence electrons. The van der Waals surface area contributed by atoms with Crippen molar-refractivity contribution in [2.24, 2.45) is 0 Å². The maximum Gasteiger partial charge on any atom is 0.335 e. The third-order valence-electron chi connectivity index (χ3n) is 2.62. The maximum atomic E-state index is 12.1. The number of rotatable bonds is 3. The Labute approximate surface area is 123 Å². The number of carbonyl (C=O) groups excluding carboxylic acids is 1. The fourth-order valence-electron chi connectivity index (χ4n) is 1.61. The van der Waals surface area contributed by atoms with Gasteiger partial charge in [0.2, 0.25) is 0 Å². The number of carboxylic acids is 1. The van der Waals surface area contributed by atoms with Crippen LogP contribution in [0.1, 0.15) is 20.7 Å². The minimum Gasteiger partial charge on any atom is -0.478 e. The van der Waals surface area contributed by atoms with Gasteiger partial charge >= 0.3 is 5.97 Å². The molecule has 0 aliphatic carbocycles. The standard InChI is InChI=1S/C14H11BrN2O3/c15-12-6-3-9(16)7-11(12)13(18)17-10-4-1-8(2-5-10)14(19)20/h1-7H,16H2,(H,17,18)(H,19,20). The van der Waals surface area contributed by atoms with E-state index in [0.29, 0.717) is 21.4 Å². The fourth-order valence-corrected chi connectivity index (χ4v) is 2.04. The van der Waals surface area contributed by atoms with Crippen LogP contribution in [0.15, 0.2) is 46.9 Å². The molecule has 0 spiro atoms. The number of halogens is 1. The number of carbonyl (C=O) groups is 2. The second kappa shape index (κ2) is 5.75. The quantitative estimate of drug-likeness (QED) is 0.752. The van der Waals surface area contributed by atoms with E-state index >= 15 is 0 Å². The molecule has 1 amide bonds. The monoisotopic (exact) mass is 334 g/mol. The lowest BCUT2D eigenvalue weighted by atomic mass is 10.1. The molecular formula is C14H11BrN2O3. The van der Waals surface area contributed by atoms with E-state index in [2.05, 4.69) is 21.2 Å². The van der Waals surface area contributed by atoms with Gasteiger partial charge in [0.05, 0.1) is 11.1 Å². The molecule has 0 aromatic heterocycles. The summed E-state index contributed by atoms with van der Waals surface area (Å²) in [5.74, 6) is -1.34. The minimum atomic E-state index is -1.01. The Hall–Kier alpha value is -2.34. The van der Waals surface area contributed by atoms with Crippen LogP contribution in [0.3, 0.4) is 0 Å². The molecule has 4 N–H and O–H groups in total. The zero-order valence-corrected chi connectivity index (χ0v) is 11.8. The van der Waals surface area contributed by atoms with Crippen LogP contribution in [0.5, 0.6) is 0 Å². The number of hydrogen-bond acceptors (Lipinski definition) is 3. The van der Waals surface area contributed by atoms with E-state index in [1.54, 1.807) is 18.2 Å². The molecule has 6 heteroatoms. The largest absolute Gasteiger partial charge is 0.478 e. The Bertz CT molecular complexity index is 669. The summed E-state index contributed by atoms with van der Waals surface area (Å²) in [6.07, 6.45) is 0. The highest BCUT2D eigenvalue weighted by Crippen LogP contribution is 2.21. The number of carboxylic acid groups (broad SMARTS) is 1. The van der Waals surface area contributed by atoms with Crippen molar-refractivity contribution in [2.45, 2.75) is 0 Å². The number of nitrogens with two attached hydrogens (primary N) is 1. The second-order valence-electron chi connectivity index (χ2n) is 4.08. The normalized spacial score (nSPS) is 10.1. The molecule has 2 aromatic rings. The smallest absolute Gasteiger partial charge is 0.335 e. The van der Waals surface area contributed by atoms with Crippen molar-refractivity contribution in [2.75, 3.05) is 11.1 Å². The first-order valence-electron chi connectivity index (χ1n) is 5.67. The number of benzene rings is 2. The summed E-state index contributed by atoms with van der Waals surface area (Å²) >= 11 is 3.28. The highest BCUT2D eigenvalue weighted by molar-refractivity contribution is 9.10. The first-order chi connectivity index (χ1) is 9.47. The van der Waals surface area contributed by atoms with E-state index in [-0.39, 0.29) is 11.5 Å². The van der Waals surface area contributed by atoms with Crippen molar-refractivity contribution in [3.63, 3.8) is 0 Å². The molecule has 0 aliphatic heterocycles. The topological polar surface area (TPSA) is 92.4 Å². The van der Waals surface area contributed by atoms with Gasteiger partial charge < -0.3 is 16.2 Å². The summed E-state index contributed by atoms with van der Waals surface area (Å²) < 4.78 is 0.631. The fraction of sp³-hybridized carbons (Fsp3) is 0. The predicted octanol–water partition coefficient (Wildman–Crippen LogP) is 2.98. The van der Waals surface area contributed by atoms with Gasteiger partial charge in [0.1, 0.15) is 0 Å². The number of nitrogens with one attached hydrogen (secondary N) is 1. The second-order valence-corrected chi connectivity index (χ2v) is 4.93. The van der Waals surface area contributed by atoms with Gasteiger partial charge in [-0.05, 0) is 58.4 Å². The third-order valence-corrected chi connectivity index (χ3v) is 3.32. The maximum absolute atomic E-state index is 12.1. The molecule has 2 rings (SSSR count). The summed E-state index contributed by atoms with van der Waals surface area (Å²) in [6.45, 7) is 0. The van der Waals surface area contributed by atoms with Gasteiger partial charge in [-0.25, -0.2) is 4.79 Å². The molecule has 0 bridgehead atoms. The van der Waals surface area contributed by atoms with Gasteiger partial charge in [0.25, 0.3) is 5.91 Å². The van der Waals surface area contributed by atoms with Crippen LogP contribution in [-0.2, 0) is 0 Å². The highest BCUT2D eigenvalue weighted by Gasteiger charge is 2.11. The Morgan fingerprint density at radius 2 is 1.75 bits per heavy atom. The van der Waals surface area contributed by atoms with E-state index < -0.39 is 5.97 Å². The molecule has 0 atom stereocenters. The SMILES string of the molecule is Nc1ccc(Br)c(C(=O)Nc2ccc(C(=O)O)cc2)c1. The molecule has 2 aromatic carbocycles. The molecule has 0 aliphatic rings. The lowest BCUT2D eigenvalue weighted by molar-refractivity contribution is 0.0696. The van der Waals surface area contributed by atoms with Crippen LogP contribution in [0.4, 0.5) is 11.4 Å². The predicted molar refractivity (Wildman–Crippen MR) is 79.9 cm³/mol. The van der Waals surface area contributed by atoms with E-state index in [0.717, 1.165) is 0 Å².